The van der Waals surface area contributed by atoms with Crippen LogP contribution in [0.1, 0.15) is 68.8 Å². The van der Waals surface area contributed by atoms with Crippen molar-refractivity contribution in [3.05, 3.63) is 46.2 Å². The van der Waals surface area contributed by atoms with Crippen molar-refractivity contribution in [3.8, 4) is 0 Å². The molecule has 214 valence electrons. The lowest BCUT2D eigenvalue weighted by atomic mass is 9.96. The maximum Gasteiger partial charge on any atom is 0.264 e. The molecule has 2 aromatic rings. The minimum Gasteiger partial charge on any atom is -0.349 e. The number of likely N-dealkylation sites (N-methyl/N-ethyl adjacent to an activating group) is 1. The summed E-state index contributed by atoms with van der Waals surface area (Å²) in [6.45, 7) is 5.88. The molecule has 0 aliphatic carbocycles. The number of carbonyl (C=O) groups is 1. The Morgan fingerprint density at radius 1 is 1.10 bits per heavy atom. The molecule has 1 N–H and O–H groups in total. The fourth-order valence-corrected chi connectivity index (χ4v) is 8.46. The van der Waals surface area contributed by atoms with Crippen molar-refractivity contribution in [1.82, 2.24) is 24.0 Å². The molecule has 39 heavy (non-hydrogen) atoms. The predicted molar refractivity (Wildman–Crippen MR) is 155 cm³/mol. The van der Waals surface area contributed by atoms with Crippen molar-refractivity contribution in [2.75, 3.05) is 39.5 Å². The topological polar surface area (TPSA) is 95.0 Å². The lowest BCUT2D eigenvalue weighted by Crippen LogP contribution is -2.51. The van der Waals surface area contributed by atoms with E-state index in [1.807, 2.05) is 52.2 Å². The first-order valence-electron chi connectivity index (χ1n) is 14.4. The molecule has 4 heterocycles. The Hall–Kier alpha value is -2.27. The molecule has 0 radical (unpaired) electrons. The molecule has 3 aliphatic heterocycles. The van der Waals surface area contributed by atoms with Gasteiger partial charge in [0.1, 0.15) is 5.56 Å². The molecule has 3 fully saturated rings. The van der Waals surface area contributed by atoms with Crippen LogP contribution in [0.5, 0.6) is 0 Å². The van der Waals surface area contributed by atoms with Crippen LogP contribution in [0.3, 0.4) is 0 Å². The van der Waals surface area contributed by atoms with Gasteiger partial charge in [0.05, 0.1) is 11.3 Å². The van der Waals surface area contributed by atoms with Crippen LogP contribution in [0.4, 0.5) is 0 Å². The number of amides is 1. The van der Waals surface area contributed by atoms with Crippen LogP contribution in [0.15, 0.2) is 35.1 Å². The third-order valence-electron chi connectivity index (χ3n) is 8.99. The molecule has 9 nitrogen and oxygen atoms in total. The lowest BCUT2D eigenvalue weighted by molar-refractivity contribution is 0.0844. The molecular formula is C29H43N5O4S. The van der Waals surface area contributed by atoms with Gasteiger partial charge in [0.25, 0.3) is 11.5 Å². The number of fused-ring (bicyclic) bond motifs is 3. The van der Waals surface area contributed by atoms with Gasteiger partial charge in [-0.2, -0.15) is 0 Å². The highest BCUT2D eigenvalue weighted by molar-refractivity contribution is 7.89. The SMILES string of the molecule is CC(C)n1c(=O)c(C(=O)NC2C[C@H]3CC[C@@H](C2)N3CCCS(=O)(=O)N2CCC(N(C)C)C2)cc2ccccc21. The first-order valence-corrected chi connectivity index (χ1v) is 16.0. The van der Waals surface area contributed by atoms with E-state index in [1.54, 1.807) is 14.9 Å². The summed E-state index contributed by atoms with van der Waals surface area (Å²) in [4.78, 5) is 31.2. The molecule has 2 bridgehead atoms. The van der Waals surface area contributed by atoms with E-state index in [1.165, 1.54) is 0 Å². The predicted octanol–water partition coefficient (Wildman–Crippen LogP) is 2.66. The van der Waals surface area contributed by atoms with Crippen LogP contribution < -0.4 is 10.9 Å². The van der Waals surface area contributed by atoms with Gasteiger partial charge in [-0.3, -0.25) is 14.5 Å². The number of nitrogens with one attached hydrogen (secondary N) is 1. The average molecular weight is 558 g/mol. The highest BCUT2D eigenvalue weighted by Crippen LogP contribution is 2.36. The monoisotopic (exact) mass is 557 g/mol. The van der Waals surface area contributed by atoms with Crippen LogP contribution in [0.2, 0.25) is 0 Å². The van der Waals surface area contributed by atoms with E-state index in [-0.39, 0.29) is 34.9 Å². The lowest BCUT2D eigenvalue weighted by Gasteiger charge is -2.39. The summed E-state index contributed by atoms with van der Waals surface area (Å²) < 4.78 is 29.2. The van der Waals surface area contributed by atoms with Gasteiger partial charge in [-0.1, -0.05) is 18.2 Å². The van der Waals surface area contributed by atoms with Gasteiger partial charge in [-0.25, -0.2) is 12.7 Å². The second-order valence-corrected chi connectivity index (χ2v) is 14.2. The van der Waals surface area contributed by atoms with E-state index in [9.17, 15) is 18.0 Å². The summed E-state index contributed by atoms with van der Waals surface area (Å²) in [5, 5.41) is 4.05. The fraction of sp³-hybridized carbons (Fsp3) is 0.655. The fourth-order valence-electron chi connectivity index (χ4n) is 6.92. The van der Waals surface area contributed by atoms with E-state index >= 15 is 0 Å². The van der Waals surface area contributed by atoms with Gasteiger partial charge in [-0.05, 0) is 90.5 Å². The van der Waals surface area contributed by atoms with Crippen molar-refractivity contribution in [2.24, 2.45) is 0 Å². The van der Waals surface area contributed by atoms with E-state index in [0.717, 1.165) is 49.6 Å². The minimum atomic E-state index is -3.24. The smallest absolute Gasteiger partial charge is 0.264 e. The Kier molecular flexibility index (Phi) is 8.20. The van der Waals surface area contributed by atoms with Crippen molar-refractivity contribution >= 4 is 26.8 Å². The molecule has 2 unspecified atom stereocenters. The minimum absolute atomic E-state index is 0.0147. The Balaban J connectivity index is 1.18. The molecule has 0 spiro atoms. The number of piperidine rings is 1. The van der Waals surface area contributed by atoms with Gasteiger partial charge in [0.15, 0.2) is 0 Å². The van der Waals surface area contributed by atoms with Gasteiger partial charge >= 0.3 is 0 Å². The second-order valence-electron chi connectivity index (χ2n) is 12.1. The van der Waals surface area contributed by atoms with Gasteiger partial charge < -0.3 is 14.8 Å². The van der Waals surface area contributed by atoms with Crippen molar-refractivity contribution < 1.29 is 13.2 Å². The number of carbonyl (C=O) groups excluding carboxylic acids is 1. The summed E-state index contributed by atoms with van der Waals surface area (Å²) in [7, 11) is 0.774. The number of para-hydroxylation sites is 1. The third kappa shape index (κ3) is 5.80. The molecule has 4 atom stereocenters. The van der Waals surface area contributed by atoms with E-state index in [0.29, 0.717) is 37.6 Å². The van der Waals surface area contributed by atoms with Gasteiger partial charge in [0, 0.05) is 43.3 Å². The number of nitrogens with zero attached hydrogens (tertiary/aromatic N) is 4. The third-order valence-corrected chi connectivity index (χ3v) is 10.9. The number of pyridine rings is 1. The molecular weight excluding hydrogens is 514 g/mol. The van der Waals surface area contributed by atoms with Gasteiger partial charge in [-0.15, -0.1) is 0 Å². The molecule has 5 rings (SSSR count). The molecule has 3 aliphatic rings. The van der Waals surface area contributed by atoms with Crippen LogP contribution in [0.25, 0.3) is 10.9 Å². The average Bonchev–Trinajstić information content (AvgIpc) is 3.47. The quantitative estimate of drug-likeness (QED) is 0.510. The van der Waals surface area contributed by atoms with E-state index in [4.69, 9.17) is 0 Å². The number of hydrogen-bond acceptors (Lipinski definition) is 6. The van der Waals surface area contributed by atoms with Crippen LogP contribution in [-0.2, 0) is 10.0 Å². The first kappa shape index (κ1) is 28.3. The Morgan fingerprint density at radius 3 is 2.44 bits per heavy atom. The molecule has 3 saturated heterocycles. The Morgan fingerprint density at radius 2 is 1.79 bits per heavy atom. The first-order chi connectivity index (χ1) is 18.5. The molecule has 10 heteroatoms. The highest BCUT2D eigenvalue weighted by atomic mass is 32.2. The van der Waals surface area contributed by atoms with E-state index < -0.39 is 10.0 Å². The van der Waals surface area contributed by atoms with Gasteiger partial charge in [0.2, 0.25) is 10.0 Å². The summed E-state index contributed by atoms with van der Waals surface area (Å²) in [5.74, 6) is -0.112. The molecule has 0 saturated carbocycles. The number of hydrogen-bond donors (Lipinski definition) is 1. The normalized spacial score (nSPS) is 26.2. The van der Waals surface area contributed by atoms with Crippen molar-refractivity contribution in [1.29, 1.82) is 0 Å². The van der Waals surface area contributed by atoms with Crippen LogP contribution >= 0.6 is 0 Å². The second kappa shape index (κ2) is 11.3. The Labute approximate surface area is 232 Å². The number of aromatic nitrogens is 1. The van der Waals surface area contributed by atoms with Crippen LogP contribution in [0, 0.1) is 0 Å². The summed E-state index contributed by atoms with van der Waals surface area (Å²) in [6, 6.07) is 10.3. The summed E-state index contributed by atoms with van der Waals surface area (Å²) in [6.07, 6.45) is 5.31. The summed E-state index contributed by atoms with van der Waals surface area (Å²) in [5.41, 5.74) is 0.781. The molecule has 1 aromatic heterocycles. The maximum absolute atomic E-state index is 13.3. The zero-order valence-corrected chi connectivity index (χ0v) is 24.5. The van der Waals surface area contributed by atoms with Crippen LogP contribution in [-0.4, -0.2) is 96.6 Å². The van der Waals surface area contributed by atoms with Crippen molar-refractivity contribution in [3.63, 3.8) is 0 Å². The molecule has 1 amide bonds. The van der Waals surface area contributed by atoms with Crippen molar-refractivity contribution in [2.45, 2.75) is 82.6 Å². The highest BCUT2D eigenvalue weighted by Gasteiger charge is 2.41. The summed E-state index contributed by atoms with van der Waals surface area (Å²) >= 11 is 0. The zero-order chi connectivity index (χ0) is 27.9. The Bertz CT molecular complexity index is 1360. The van der Waals surface area contributed by atoms with E-state index in [2.05, 4.69) is 15.1 Å². The molecule has 1 aromatic carbocycles. The number of rotatable bonds is 9. The number of benzene rings is 1. The number of sulfonamides is 1. The largest absolute Gasteiger partial charge is 0.349 e. The zero-order valence-electron chi connectivity index (χ0n) is 23.7. The maximum atomic E-state index is 13.3. The standard InChI is InChI=1S/C29H43N5O4S/c1-20(2)34-27-9-6-5-8-21(27)16-26(29(34)36)28(35)30-22-17-23-10-11-24(18-22)33(23)13-7-15-39(37,38)32-14-12-25(19-32)31(3)4/h5-6,8-9,16,20,22-25H,7,10-15,17-19H2,1-4H3,(H,30,35)/t22?,23-,24+,25?.